The molecule has 44 heavy (non-hydrogen) atoms. The number of amides is 2. The van der Waals surface area contributed by atoms with E-state index in [0.29, 0.717) is 36.1 Å². The van der Waals surface area contributed by atoms with Gasteiger partial charge in [-0.15, -0.1) is 0 Å². The maximum Gasteiger partial charge on any atom is 0.241 e. The summed E-state index contributed by atoms with van der Waals surface area (Å²) in [5.74, 6) is -1.20. The maximum absolute atomic E-state index is 13.7. The summed E-state index contributed by atoms with van der Waals surface area (Å²) in [4.78, 5) is 28.8. The SMILES string of the molecule is COc1ccc2ccc(S(=O)(=O)NC(C(=O)NCCc3ccc(C)cc3)[C@@H]3CCN(Cc4cccc(C#N)c4)C3=O)cc2c1. The van der Waals surface area contributed by atoms with Crippen LogP contribution in [0, 0.1) is 24.2 Å². The van der Waals surface area contributed by atoms with Crippen LogP contribution < -0.4 is 14.8 Å². The molecule has 1 aliphatic rings. The molecule has 2 atom stereocenters. The van der Waals surface area contributed by atoms with Gasteiger partial charge in [0.2, 0.25) is 21.8 Å². The first-order valence-corrected chi connectivity index (χ1v) is 15.9. The number of hydrogen-bond donors (Lipinski definition) is 2. The lowest BCUT2D eigenvalue weighted by molar-refractivity contribution is -0.135. The van der Waals surface area contributed by atoms with Crippen molar-refractivity contribution in [2.45, 2.75) is 37.2 Å². The molecule has 0 radical (unpaired) electrons. The fraction of sp³-hybridized carbons (Fsp3) is 0.265. The summed E-state index contributed by atoms with van der Waals surface area (Å²) in [5.41, 5.74) is 3.42. The summed E-state index contributed by atoms with van der Waals surface area (Å²) in [7, 11) is -2.67. The molecule has 1 unspecified atom stereocenters. The molecule has 0 bridgehead atoms. The minimum Gasteiger partial charge on any atom is -0.497 e. The van der Waals surface area contributed by atoms with Crippen molar-refractivity contribution in [2.24, 2.45) is 5.92 Å². The second-order valence-corrected chi connectivity index (χ2v) is 12.7. The summed E-state index contributed by atoms with van der Waals surface area (Å²) in [6.45, 7) is 2.88. The topological polar surface area (TPSA) is 129 Å². The Balaban J connectivity index is 1.38. The number of ether oxygens (including phenoxy) is 1. The van der Waals surface area contributed by atoms with Crippen LogP contribution in [0.25, 0.3) is 10.8 Å². The number of rotatable bonds is 11. The van der Waals surface area contributed by atoms with Gasteiger partial charge < -0.3 is 15.0 Å². The van der Waals surface area contributed by atoms with Crippen molar-refractivity contribution >= 4 is 32.6 Å². The molecule has 1 aliphatic heterocycles. The molecule has 10 heteroatoms. The average Bonchev–Trinajstić information content (AvgIpc) is 3.39. The maximum atomic E-state index is 13.7. The Labute approximate surface area is 257 Å². The van der Waals surface area contributed by atoms with Gasteiger partial charge in [0.15, 0.2) is 0 Å². The van der Waals surface area contributed by atoms with Gasteiger partial charge >= 0.3 is 0 Å². The number of hydrogen-bond acceptors (Lipinski definition) is 6. The van der Waals surface area contributed by atoms with Crippen molar-refractivity contribution in [3.05, 3.63) is 107 Å². The molecule has 0 aromatic heterocycles. The third-order valence-corrected chi connectivity index (χ3v) is 9.34. The summed E-state index contributed by atoms with van der Waals surface area (Å²) in [6, 6.07) is 25.8. The molecule has 1 saturated heterocycles. The number of nitriles is 1. The van der Waals surface area contributed by atoms with Crippen LogP contribution in [0.15, 0.2) is 89.8 Å². The highest BCUT2D eigenvalue weighted by atomic mass is 32.2. The molecule has 4 aromatic rings. The van der Waals surface area contributed by atoms with Crippen LogP contribution in [0.4, 0.5) is 0 Å². The molecule has 226 valence electrons. The van der Waals surface area contributed by atoms with E-state index < -0.39 is 27.9 Å². The van der Waals surface area contributed by atoms with Gasteiger partial charge in [-0.05, 0) is 78.1 Å². The Morgan fingerprint density at radius 2 is 1.80 bits per heavy atom. The molecular weight excluding hydrogens is 576 g/mol. The zero-order valence-electron chi connectivity index (χ0n) is 24.6. The Kier molecular flexibility index (Phi) is 9.28. The smallest absolute Gasteiger partial charge is 0.241 e. The Morgan fingerprint density at radius 1 is 1.02 bits per heavy atom. The van der Waals surface area contributed by atoms with Gasteiger partial charge in [0.1, 0.15) is 11.8 Å². The number of methoxy groups -OCH3 is 1. The first kappa shape index (κ1) is 30.7. The molecule has 2 N–H and O–H groups in total. The van der Waals surface area contributed by atoms with Gasteiger partial charge in [-0.25, -0.2) is 8.42 Å². The van der Waals surface area contributed by atoms with E-state index in [4.69, 9.17) is 4.74 Å². The van der Waals surface area contributed by atoms with E-state index >= 15 is 0 Å². The van der Waals surface area contributed by atoms with Gasteiger partial charge in [0.05, 0.1) is 29.6 Å². The molecule has 0 saturated carbocycles. The third-order valence-electron chi connectivity index (χ3n) is 7.90. The van der Waals surface area contributed by atoms with Crippen molar-refractivity contribution in [3.8, 4) is 11.8 Å². The van der Waals surface area contributed by atoms with Gasteiger partial charge in [0.25, 0.3) is 0 Å². The predicted octanol–water partition coefficient (Wildman–Crippen LogP) is 4.08. The van der Waals surface area contributed by atoms with E-state index in [9.17, 15) is 23.3 Å². The van der Waals surface area contributed by atoms with Crippen molar-refractivity contribution in [1.29, 1.82) is 5.26 Å². The van der Waals surface area contributed by atoms with Gasteiger partial charge in [-0.3, -0.25) is 9.59 Å². The summed E-state index contributed by atoms with van der Waals surface area (Å²) in [6.07, 6.45) is 0.849. The molecule has 9 nitrogen and oxygen atoms in total. The van der Waals surface area contributed by atoms with Crippen LogP contribution in [0.3, 0.4) is 0 Å². The zero-order chi connectivity index (χ0) is 31.3. The molecular formula is C34H34N4O5S. The van der Waals surface area contributed by atoms with Crippen molar-refractivity contribution in [2.75, 3.05) is 20.2 Å². The number of benzene rings is 4. The highest BCUT2D eigenvalue weighted by Gasteiger charge is 2.42. The average molecular weight is 611 g/mol. The summed E-state index contributed by atoms with van der Waals surface area (Å²) in [5, 5.41) is 13.6. The largest absolute Gasteiger partial charge is 0.497 e. The number of carbonyl (C=O) groups excluding carboxylic acids is 2. The van der Waals surface area contributed by atoms with E-state index in [-0.39, 0.29) is 23.9 Å². The first-order valence-electron chi connectivity index (χ1n) is 14.4. The molecule has 4 aromatic carbocycles. The van der Waals surface area contributed by atoms with E-state index in [1.807, 2.05) is 43.3 Å². The lowest BCUT2D eigenvalue weighted by Gasteiger charge is -2.24. The van der Waals surface area contributed by atoms with Crippen molar-refractivity contribution in [3.63, 3.8) is 0 Å². The molecule has 0 spiro atoms. The Morgan fingerprint density at radius 3 is 2.55 bits per heavy atom. The predicted molar refractivity (Wildman–Crippen MR) is 167 cm³/mol. The number of nitrogens with one attached hydrogen (secondary N) is 2. The molecule has 5 rings (SSSR count). The highest BCUT2D eigenvalue weighted by Crippen LogP contribution is 2.27. The monoisotopic (exact) mass is 610 g/mol. The number of fused-ring (bicyclic) bond motifs is 1. The van der Waals surface area contributed by atoms with Crippen LogP contribution in [0.1, 0.15) is 28.7 Å². The summed E-state index contributed by atoms with van der Waals surface area (Å²) >= 11 is 0. The number of carbonyl (C=O) groups is 2. The lowest BCUT2D eigenvalue weighted by Crippen LogP contribution is -2.53. The van der Waals surface area contributed by atoms with Crippen LogP contribution in [0.5, 0.6) is 5.75 Å². The number of sulfonamides is 1. The van der Waals surface area contributed by atoms with E-state index in [2.05, 4.69) is 16.1 Å². The van der Waals surface area contributed by atoms with Crippen molar-refractivity contribution in [1.82, 2.24) is 14.9 Å². The van der Waals surface area contributed by atoms with Crippen LogP contribution >= 0.6 is 0 Å². The van der Waals surface area contributed by atoms with Crippen molar-refractivity contribution < 1.29 is 22.7 Å². The lowest BCUT2D eigenvalue weighted by atomic mass is 9.98. The van der Waals surface area contributed by atoms with Gasteiger partial charge in [0, 0.05) is 19.6 Å². The third kappa shape index (κ3) is 7.08. The van der Waals surface area contributed by atoms with Gasteiger partial charge in [-0.1, -0.05) is 54.1 Å². The highest BCUT2D eigenvalue weighted by molar-refractivity contribution is 7.89. The standard InChI is InChI=1S/C34H34N4O5S/c1-23-6-8-24(9-7-23)14-16-36-33(39)32(31-15-17-38(34(31)40)22-26-5-3-4-25(18-26)21-35)37-44(41,42)30-13-11-27-10-12-29(43-2)19-28(27)20-30/h3-13,18-20,31-32,37H,14-17,22H2,1-2H3,(H,36,39)/t31-,32?/m0/s1. The zero-order valence-corrected chi connectivity index (χ0v) is 25.4. The van der Waals surface area contributed by atoms with E-state index in [1.165, 1.54) is 19.2 Å². The van der Waals surface area contributed by atoms with Crippen LogP contribution in [-0.2, 0) is 32.6 Å². The first-order chi connectivity index (χ1) is 21.2. The Bertz CT molecular complexity index is 1830. The number of aryl methyl sites for hydroxylation is 1. The molecule has 1 fully saturated rings. The minimum atomic E-state index is -4.20. The number of likely N-dealkylation sites (tertiary alicyclic amines) is 1. The normalized spacial score (nSPS) is 15.6. The second-order valence-electron chi connectivity index (χ2n) is 11.0. The molecule has 1 heterocycles. The fourth-order valence-corrected chi connectivity index (χ4v) is 6.71. The number of nitrogens with zero attached hydrogens (tertiary/aromatic N) is 2. The van der Waals surface area contributed by atoms with Crippen LogP contribution in [-0.4, -0.2) is 51.4 Å². The molecule has 2 amide bonds. The van der Waals surface area contributed by atoms with Gasteiger partial charge in [-0.2, -0.15) is 9.98 Å². The fourth-order valence-electron chi connectivity index (χ4n) is 5.43. The van der Waals surface area contributed by atoms with E-state index in [1.54, 1.807) is 41.3 Å². The quantitative estimate of drug-likeness (QED) is 0.263. The van der Waals surface area contributed by atoms with Crippen LogP contribution in [0.2, 0.25) is 0 Å². The second kappa shape index (κ2) is 13.3. The molecule has 0 aliphatic carbocycles. The Hall–Kier alpha value is -4.72. The summed E-state index contributed by atoms with van der Waals surface area (Å²) < 4.78 is 35.3. The van der Waals surface area contributed by atoms with E-state index in [0.717, 1.165) is 22.1 Å². The minimum absolute atomic E-state index is 0.0219.